The number of aryl methyl sites for hydroxylation is 1. The maximum atomic E-state index is 10.3. The Morgan fingerprint density at radius 2 is 2.24 bits per heavy atom. The molecule has 0 bridgehead atoms. The molecule has 1 unspecified atom stereocenters. The van der Waals surface area contributed by atoms with Gasteiger partial charge in [0.25, 0.3) is 0 Å². The summed E-state index contributed by atoms with van der Waals surface area (Å²) in [6, 6.07) is 7.41. The van der Waals surface area contributed by atoms with Crippen molar-refractivity contribution in [1.29, 1.82) is 0 Å². The number of hydrogen-bond donors (Lipinski definition) is 3. The number of methoxy groups -OCH3 is 1. The number of nitrogens with one attached hydrogen (secondary N) is 2. The summed E-state index contributed by atoms with van der Waals surface area (Å²) in [5.74, 6) is 1.42. The molecule has 6 nitrogen and oxygen atoms in total. The van der Waals surface area contributed by atoms with Crippen LogP contribution in [0.5, 0.6) is 5.75 Å². The highest BCUT2D eigenvalue weighted by atomic mass is 32.1. The zero-order valence-electron chi connectivity index (χ0n) is 15.0. The molecule has 0 aliphatic heterocycles. The van der Waals surface area contributed by atoms with Crippen LogP contribution in [0.3, 0.4) is 0 Å². The number of aliphatic hydroxyl groups is 1. The van der Waals surface area contributed by atoms with Crippen molar-refractivity contribution in [3.8, 4) is 5.75 Å². The summed E-state index contributed by atoms with van der Waals surface area (Å²) < 4.78 is 5.19. The molecule has 3 N–H and O–H groups in total. The van der Waals surface area contributed by atoms with E-state index in [1.165, 1.54) is 0 Å². The first-order valence-electron chi connectivity index (χ1n) is 8.37. The Bertz CT molecular complexity index is 687. The largest absolute Gasteiger partial charge is 0.497 e. The topological polar surface area (TPSA) is 78.8 Å². The van der Waals surface area contributed by atoms with Gasteiger partial charge >= 0.3 is 0 Å². The number of aromatic nitrogens is 1. The zero-order chi connectivity index (χ0) is 18.1. The molecule has 1 atom stereocenters. The second-order valence-corrected chi connectivity index (χ2v) is 6.61. The van der Waals surface area contributed by atoms with E-state index in [2.05, 4.69) is 26.0 Å². The number of rotatable bonds is 8. The molecule has 0 saturated carbocycles. The third-order valence-corrected chi connectivity index (χ3v) is 4.41. The molecule has 0 aliphatic carbocycles. The highest BCUT2D eigenvalue weighted by Gasteiger charge is 2.08. The van der Waals surface area contributed by atoms with Gasteiger partial charge in [-0.15, -0.1) is 11.3 Å². The van der Waals surface area contributed by atoms with Crippen LogP contribution in [0.15, 0.2) is 34.6 Å². The van der Waals surface area contributed by atoms with Crippen LogP contribution in [-0.2, 0) is 6.42 Å². The third-order valence-electron chi connectivity index (χ3n) is 3.59. The van der Waals surface area contributed by atoms with E-state index in [4.69, 9.17) is 4.74 Å². The molecule has 0 spiro atoms. The summed E-state index contributed by atoms with van der Waals surface area (Å²) in [5.41, 5.74) is 1.87. The van der Waals surface area contributed by atoms with Crippen LogP contribution in [0, 0.1) is 6.92 Å². The highest BCUT2D eigenvalue weighted by molar-refractivity contribution is 7.09. The van der Waals surface area contributed by atoms with Crippen molar-refractivity contribution in [2.45, 2.75) is 26.4 Å². The van der Waals surface area contributed by atoms with Gasteiger partial charge < -0.3 is 20.5 Å². The molecular weight excluding hydrogens is 336 g/mol. The van der Waals surface area contributed by atoms with E-state index >= 15 is 0 Å². The van der Waals surface area contributed by atoms with E-state index in [1.807, 2.05) is 38.1 Å². The SMILES string of the molecule is CCNC(=NCC(O)c1cccc(OC)c1)NCCc1csc(C)n1. The summed E-state index contributed by atoms with van der Waals surface area (Å²) in [7, 11) is 1.61. The van der Waals surface area contributed by atoms with E-state index in [9.17, 15) is 5.11 Å². The Balaban J connectivity index is 1.88. The lowest BCUT2D eigenvalue weighted by atomic mass is 10.1. The van der Waals surface area contributed by atoms with Crippen LogP contribution in [0.25, 0.3) is 0 Å². The minimum atomic E-state index is -0.674. The monoisotopic (exact) mass is 362 g/mol. The molecule has 0 fully saturated rings. The van der Waals surface area contributed by atoms with Gasteiger partial charge in [-0.25, -0.2) is 4.98 Å². The van der Waals surface area contributed by atoms with Crippen molar-refractivity contribution >= 4 is 17.3 Å². The summed E-state index contributed by atoms with van der Waals surface area (Å²) in [6.07, 6.45) is 0.166. The Hall–Kier alpha value is -2.12. The number of guanidine groups is 1. The molecule has 0 radical (unpaired) electrons. The standard InChI is InChI=1S/C18H26N4O2S/c1-4-19-18(20-9-8-15-12-25-13(2)22-15)21-11-17(23)14-6-5-7-16(10-14)24-3/h5-7,10,12,17,23H,4,8-9,11H2,1-3H3,(H2,19,20,21). The summed E-state index contributed by atoms with van der Waals surface area (Å²) in [4.78, 5) is 8.92. The summed E-state index contributed by atoms with van der Waals surface area (Å²) in [6.45, 7) is 5.80. The Morgan fingerprint density at radius 1 is 1.40 bits per heavy atom. The van der Waals surface area contributed by atoms with Gasteiger partial charge in [0.15, 0.2) is 5.96 Å². The van der Waals surface area contributed by atoms with Crippen molar-refractivity contribution in [3.05, 3.63) is 45.9 Å². The van der Waals surface area contributed by atoms with E-state index in [-0.39, 0.29) is 6.54 Å². The first-order chi connectivity index (χ1) is 12.1. The number of aliphatic imine (C=N–C) groups is 1. The van der Waals surface area contributed by atoms with Crippen LogP contribution in [-0.4, -0.2) is 42.8 Å². The fourth-order valence-electron chi connectivity index (χ4n) is 2.31. The molecule has 1 aromatic heterocycles. The third kappa shape index (κ3) is 6.36. The fourth-order valence-corrected chi connectivity index (χ4v) is 2.95. The lowest BCUT2D eigenvalue weighted by molar-refractivity contribution is 0.186. The smallest absolute Gasteiger partial charge is 0.191 e. The Kier molecular flexibility index (Phi) is 7.69. The highest BCUT2D eigenvalue weighted by Crippen LogP contribution is 2.19. The van der Waals surface area contributed by atoms with Gasteiger partial charge in [-0.05, 0) is 31.5 Å². The molecule has 136 valence electrons. The molecular formula is C18H26N4O2S. The van der Waals surface area contributed by atoms with Crippen LogP contribution in [0.4, 0.5) is 0 Å². The number of nitrogens with zero attached hydrogens (tertiary/aromatic N) is 2. The predicted octanol–water partition coefficient (Wildman–Crippen LogP) is 2.29. The van der Waals surface area contributed by atoms with Crippen LogP contribution in [0.2, 0.25) is 0 Å². The van der Waals surface area contributed by atoms with Crippen molar-refractivity contribution < 1.29 is 9.84 Å². The number of benzene rings is 1. The van der Waals surface area contributed by atoms with Crippen molar-refractivity contribution in [3.63, 3.8) is 0 Å². The summed E-state index contributed by atoms with van der Waals surface area (Å²) >= 11 is 1.66. The predicted molar refractivity (Wildman–Crippen MR) is 102 cm³/mol. The number of thiazole rings is 1. The van der Waals surface area contributed by atoms with Gasteiger partial charge in [0.2, 0.25) is 0 Å². The Labute approximate surface area is 153 Å². The van der Waals surface area contributed by atoms with Crippen LogP contribution in [0.1, 0.15) is 29.3 Å². The lowest BCUT2D eigenvalue weighted by Gasteiger charge is -2.13. The molecule has 2 rings (SSSR count). The van der Waals surface area contributed by atoms with E-state index < -0.39 is 6.10 Å². The number of hydrogen-bond acceptors (Lipinski definition) is 5. The number of ether oxygens (including phenoxy) is 1. The van der Waals surface area contributed by atoms with Gasteiger partial charge in [0.05, 0.1) is 30.5 Å². The molecule has 7 heteroatoms. The molecule has 25 heavy (non-hydrogen) atoms. The first-order valence-corrected chi connectivity index (χ1v) is 9.25. The van der Waals surface area contributed by atoms with Crippen LogP contribution >= 0.6 is 11.3 Å². The average Bonchev–Trinajstić information content (AvgIpc) is 3.04. The molecule has 1 aromatic carbocycles. The van der Waals surface area contributed by atoms with E-state index in [1.54, 1.807) is 18.4 Å². The molecule has 0 saturated heterocycles. The van der Waals surface area contributed by atoms with Crippen molar-refractivity contribution in [2.75, 3.05) is 26.7 Å². The van der Waals surface area contributed by atoms with Crippen molar-refractivity contribution in [2.24, 2.45) is 4.99 Å². The van der Waals surface area contributed by atoms with Gasteiger partial charge in [-0.2, -0.15) is 0 Å². The normalized spacial score (nSPS) is 12.7. The quantitative estimate of drug-likeness (QED) is 0.496. The second kappa shape index (κ2) is 10.0. The Morgan fingerprint density at radius 3 is 2.92 bits per heavy atom. The second-order valence-electron chi connectivity index (χ2n) is 5.55. The minimum Gasteiger partial charge on any atom is -0.497 e. The van der Waals surface area contributed by atoms with E-state index in [0.29, 0.717) is 5.96 Å². The fraction of sp³-hybridized carbons (Fsp3) is 0.444. The zero-order valence-corrected chi connectivity index (χ0v) is 15.8. The summed E-state index contributed by atoms with van der Waals surface area (Å²) in [5, 5.41) is 20.0. The van der Waals surface area contributed by atoms with Gasteiger partial charge in [-0.1, -0.05) is 12.1 Å². The van der Waals surface area contributed by atoms with E-state index in [0.717, 1.165) is 41.5 Å². The molecule has 0 amide bonds. The minimum absolute atomic E-state index is 0.276. The van der Waals surface area contributed by atoms with Gasteiger partial charge in [0, 0.05) is 24.9 Å². The molecule has 2 aromatic rings. The van der Waals surface area contributed by atoms with Gasteiger partial charge in [-0.3, -0.25) is 4.99 Å². The maximum absolute atomic E-state index is 10.3. The van der Waals surface area contributed by atoms with Crippen LogP contribution < -0.4 is 15.4 Å². The lowest BCUT2D eigenvalue weighted by Crippen LogP contribution is -2.38. The van der Waals surface area contributed by atoms with Crippen molar-refractivity contribution in [1.82, 2.24) is 15.6 Å². The maximum Gasteiger partial charge on any atom is 0.191 e. The number of aliphatic hydroxyl groups excluding tert-OH is 1. The average molecular weight is 362 g/mol. The first kappa shape index (κ1) is 19.2. The molecule has 1 heterocycles. The molecule has 0 aliphatic rings. The van der Waals surface area contributed by atoms with Gasteiger partial charge in [0.1, 0.15) is 5.75 Å².